The van der Waals surface area contributed by atoms with Gasteiger partial charge in [-0.05, 0) is 41.0 Å². The number of rotatable bonds is 3. The normalized spacial score (nSPS) is 11.8. The van der Waals surface area contributed by atoms with Crippen molar-refractivity contribution < 1.29 is 27.5 Å². The van der Waals surface area contributed by atoms with E-state index in [0.29, 0.717) is 6.08 Å². The molecule has 0 fully saturated rings. The Hall–Kier alpha value is -2.63. The lowest BCUT2D eigenvalue weighted by Gasteiger charge is -2.14. The second-order valence-electron chi connectivity index (χ2n) is 4.45. The van der Waals surface area contributed by atoms with Gasteiger partial charge in [-0.25, -0.2) is 9.18 Å². The number of carboxylic acid groups (broad SMARTS) is 1. The molecule has 0 saturated heterocycles. The van der Waals surface area contributed by atoms with Gasteiger partial charge in [0.1, 0.15) is 5.82 Å². The lowest BCUT2D eigenvalue weighted by atomic mass is 9.94. The Morgan fingerprint density at radius 3 is 2.36 bits per heavy atom. The van der Waals surface area contributed by atoms with E-state index in [1.54, 1.807) is 0 Å². The predicted molar refractivity (Wildman–Crippen MR) is 73.5 cm³/mol. The van der Waals surface area contributed by atoms with Crippen molar-refractivity contribution in [1.29, 1.82) is 0 Å². The minimum Gasteiger partial charge on any atom is -0.478 e. The van der Waals surface area contributed by atoms with Gasteiger partial charge in [0.15, 0.2) is 0 Å². The van der Waals surface area contributed by atoms with Gasteiger partial charge >= 0.3 is 12.1 Å². The fraction of sp³-hybridized carbons (Fsp3) is 0.0625. The number of benzene rings is 2. The third kappa shape index (κ3) is 3.52. The molecule has 0 bridgehead atoms. The Morgan fingerprint density at radius 1 is 1.09 bits per heavy atom. The highest BCUT2D eigenvalue weighted by atomic mass is 19.4. The second-order valence-corrected chi connectivity index (χ2v) is 4.45. The van der Waals surface area contributed by atoms with Gasteiger partial charge in [0.2, 0.25) is 0 Å². The first-order valence-corrected chi connectivity index (χ1v) is 6.16. The monoisotopic (exact) mass is 310 g/mol. The molecule has 0 amide bonds. The predicted octanol–water partition coefficient (Wildman–Crippen LogP) is 4.61. The molecule has 0 aromatic heterocycles. The van der Waals surface area contributed by atoms with E-state index in [-0.39, 0.29) is 16.7 Å². The molecule has 114 valence electrons. The van der Waals surface area contributed by atoms with E-state index in [9.17, 15) is 22.4 Å². The molecule has 0 spiro atoms. The summed E-state index contributed by atoms with van der Waals surface area (Å²) in [4.78, 5) is 10.6. The van der Waals surface area contributed by atoms with Gasteiger partial charge in [-0.2, -0.15) is 13.2 Å². The van der Waals surface area contributed by atoms with Crippen LogP contribution in [-0.4, -0.2) is 11.1 Å². The fourth-order valence-corrected chi connectivity index (χ4v) is 2.05. The maximum atomic E-state index is 13.3. The second kappa shape index (κ2) is 6.01. The van der Waals surface area contributed by atoms with Crippen LogP contribution in [0, 0.1) is 5.82 Å². The van der Waals surface area contributed by atoms with Gasteiger partial charge < -0.3 is 5.11 Å². The fourth-order valence-electron chi connectivity index (χ4n) is 2.05. The van der Waals surface area contributed by atoms with Crippen LogP contribution in [0.4, 0.5) is 17.6 Å². The lowest BCUT2D eigenvalue weighted by molar-refractivity contribution is -0.137. The van der Waals surface area contributed by atoms with Gasteiger partial charge in [-0.3, -0.25) is 0 Å². The van der Waals surface area contributed by atoms with Crippen LogP contribution in [-0.2, 0) is 11.0 Å². The number of aliphatic carboxylic acids is 1. The average molecular weight is 310 g/mol. The molecular formula is C16H10F4O2. The number of alkyl halides is 3. The molecule has 0 atom stereocenters. The first-order chi connectivity index (χ1) is 10.3. The van der Waals surface area contributed by atoms with Gasteiger partial charge in [-0.15, -0.1) is 0 Å². The SMILES string of the molecule is O=C(O)C=Cc1c(-c2cccc(F)c2)cccc1C(F)(F)F. The molecule has 1 N–H and O–H groups in total. The van der Waals surface area contributed by atoms with Crippen molar-refractivity contribution in [2.24, 2.45) is 0 Å². The van der Waals surface area contributed by atoms with E-state index >= 15 is 0 Å². The first kappa shape index (κ1) is 15.8. The molecule has 0 saturated carbocycles. The summed E-state index contributed by atoms with van der Waals surface area (Å²) in [6, 6.07) is 8.51. The smallest absolute Gasteiger partial charge is 0.417 e. The third-order valence-electron chi connectivity index (χ3n) is 2.94. The van der Waals surface area contributed by atoms with E-state index < -0.39 is 23.5 Å². The lowest BCUT2D eigenvalue weighted by Crippen LogP contribution is -2.08. The van der Waals surface area contributed by atoms with Gasteiger partial charge in [0, 0.05) is 6.08 Å². The zero-order valence-electron chi connectivity index (χ0n) is 11.1. The van der Waals surface area contributed by atoms with Crippen LogP contribution < -0.4 is 0 Å². The third-order valence-corrected chi connectivity index (χ3v) is 2.94. The molecule has 2 aromatic rings. The maximum Gasteiger partial charge on any atom is 0.417 e. The summed E-state index contributed by atoms with van der Waals surface area (Å²) in [5, 5.41) is 8.65. The quantitative estimate of drug-likeness (QED) is 0.664. The van der Waals surface area contributed by atoms with Crippen LogP contribution in [0.5, 0.6) is 0 Å². The van der Waals surface area contributed by atoms with E-state index in [1.807, 2.05) is 0 Å². The van der Waals surface area contributed by atoms with Crippen molar-refractivity contribution in [3.05, 3.63) is 65.5 Å². The van der Waals surface area contributed by atoms with E-state index in [2.05, 4.69) is 0 Å². The van der Waals surface area contributed by atoms with Crippen LogP contribution >= 0.6 is 0 Å². The van der Waals surface area contributed by atoms with Crippen molar-refractivity contribution in [3.63, 3.8) is 0 Å². The molecule has 0 heterocycles. The first-order valence-electron chi connectivity index (χ1n) is 6.16. The molecular weight excluding hydrogens is 300 g/mol. The number of carboxylic acids is 1. The van der Waals surface area contributed by atoms with E-state index in [4.69, 9.17) is 5.11 Å². The summed E-state index contributed by atoms with van der Waals surface area (Å²) in [6.07, 6.45) is -3.17. The van der Waals surface area contributed by atoms with Gasteiger partial charge in [0.05, 0.1) is 5.56 Å². The van der Waals surface area contributed by atoms with Gasteiger partial charge in [-0.1, -0.05) is 24.3 Å². The highest BCUT2D eigenvalue weighted by Crippen LogP contribution is 2.37. The van der Waals surface area contributed by atoms with E-state index in [1.165, 1.54) is 30.3 Å². The summed E-state index contributed by atoms with van der Waals surface area (Å²) in [5.41, 5.74) is -0.960. The van der Waals surface area contributed by atoms with Crippen LogP contribution in [0.3, 0.4) is 0 Å². The molecule has 0 aliphatic heterocycles. The zero-order chi connectivity index (χ0) is 16.3. The van der Waals surface area contributed by atoms with E-state index in [0.717, 1.165) is 18.2 Å². The molecule has 0 radical (unpaired) electrons. The Kier molecular flexibility index (Phi) is 4.30. The standard InChI is InChI=1S/C16H10F4O2/c17-11-4-1-3-10(9-11)12-5-2-6-14(16(18,19)20)13(12)7-8-15(21)22/h1-9H,(H,21,22). The summed E-state index contributed by atoms with van der Waals surface area (Å²) in [7, 11) is 0. The Labute approximate surface area is 123 Å². The summed E-state index contributed by atoms with van der Waals surface area (Å²) < 4.78 is 52.6. The number of halogens is 4. The summed E-state index contributed by atoms with van der Waals surface area (Å²) in [6.45, 7) is 0. The Balaban J connectivity index is 2.70. The molecule has 2 aromatic carbocycles. The summed E-state index contributed by atoms with van der Waals surface area (Å²) >= 11 is 0. The van der Waals surface area contributed by atoms with Crippen molar-refractivity contribution >= 4 is 12.0 Å². The largest absolute Gasteiger partial charge is 0.478 e. The van der Waals surface area contributed by atoms with Crippen molar-refractivity contribution in [2.45, 2.75) is 6.18 Å². The highest BCUT2D eigenvalue weighted by Gasteiger charge is 2.33. The average Bonchev–Trinajstić information content (AvgIpc) is 2.43. The highest BCUT2D eigenvalue weighted by molar-refractivity contribution is 5.88. The zero-order valence-corrected chi connectivity index (χ0v) is 11.1. The number of hydrogen-bond donors (Lipinski definition) is 1. The van der Waals surface area contributed by atoms with Crippen molar-refractivity contribution in [2.75, 3.05) is 0 Å². The molecule has 22 heavy (non-hydrogen) atoms. The summed E-state index contributed by atoms with van der Waals surface area (Å²) in [5.74, 6) is -1.97. The minimum absolute atomic E-state index is 0.104. The topological polar surface area (TPSA) is 37.3 Å². The minimum atomic E-state index is -4.65. The molecule has 2 nitrogen and oxygen atoms in total. The van der Waals surface area contributed by atoms with Crippen LogP contribution in [0.1, 0.15) is 11.1 Å². The molecule has 0 aliphatic rings. The van der Waals surface area contributed by atoms with Crippen LogP contribution in [0.15, 0.2) is 48.5 Å². The van der Waals surface area contributed by atoms with Crippen molar-refractivity contribution in [3.8, 4) is 11.1 Å². The Bertz CT molecular complexity index is 733. The van der Waals surface area contributed by atoms with Gasteiger partial charge in [0.25, 0.3) is 0 Å². The molecule has 2 rings (SSSR count). The number of carbonyl (C=O) groups is 1. The molecule has 0 unspecified atom stereocenters. The van der Waals surface area contributed by atoms with Crippen molar-refractivity contribution in [1.82, 2.24) is 0 Å². The molecule has 6 heteroatoms. The maximum absolute atomic E-state index is 13.3. The number of hydrogen-bond acceptors (Lipinski definition) is 1. The Morgan fingerprint density at radius 2 is 1.77 bits per heavy atom. The molecule has 0 aliphatic carbocycles. The van der Waals surface area contributed by atoms with Crippen LogP contribution in [0.2, 0.25) is 0 Å². The van der Waals surface area contributed by atoms with Crippen LogP contribution in [0.25, 0.3) is 17.2 Å².